The lowest BCUT2D eigenvalue weighted by molar-refractivity contribution is -0.139. The Morgan fingerprint density at radius 2 is 1.50 bits per heavy atom. The first-order valence-electron chi connectivity index (χ1n) is 6.25. The first-order chi connectivity index (χ1) is 9.75. The summed E-state index contributed by atoms with van der Waals surface area (Å²) in [5.41, 5.74) is 1.65. The molecule has 1 aromatic heterocycles. The summed E-state index contributed by atoms with van der Waals surface area (Å²) in [7, 11) is 0. The van der Waals surface area contributed by atoms with Crippen LogP contribution in [-0.2, 0) is 22.7 Å². The fourth-order valence-electron chi connectivity index (χ4n) is 1.61. The van der Waals surface area contributed by atoms with Crippen LogP contribution in [0.3, 0.4) is 0 Å². The summed E-state index contributed by atoms with van der Waals surface area (Å²) in [4.78, 5) is 27.2. The number of carbonyl (C=O) groups excluding carboxylic acids is 2. The lowest BCUT2D eigenvalue weighted by atomic mass is 10.2. The molecule has 0 aliphatic carbocycles. The first-order valence-corrected chi connectivity index (χ1v) is 6.25. The summed E-state index contributed by atoms with van der Waals surface area (Å²) in [6.45, 7) is 0.565. The Labute approximate surface area is 117 Å². The van der Waals surface area contributed by atoms with Crippen LogP contribution in [0.5, 0.6) is 0 Å². The fraction of sp³-hybridized carbons (Fsp3) is 0.133. The molecule has 0 aliphatic rings. The third kappa shape index (κ3) is 4.20. The molecule has 0 saturated heterocycles. The summed E-state index contributed by atoms with van der Waals surface area (Å²) < 4.78 is 0. The Morgan fingerprint density at radius 1 is 0.850 bits per heavy atom. The van der Waals surface area contributed by atoms with Crippen molar-refractivity contribution in [2.75, 3.05) is 0 Å². The molecule has 1 heterocycles. The van der Waals surface area contributed by atoms with E-state index in [1.165, 1.54) is 0 Å². The second-order valence-electron chi connectivity index (χ2n) is 4.17. The number of nitrogens with zero attached hydrogens (tertiary/aromatic N) is 1. The first kappa shape index (κ1) is 13.7. The van der Waals surface area contributed by atoms with E-state index in [-0.39, 0.29) is 6.54 Å². The molecule has 2 rings (SSSR count). The number of amides is 2. The standard InChI is InChI=1S/C15H15N3O2/c19-14(17-10-12-6-2-1-3-7-12)15(20)18-11-13-8-4-5-9-16-13/h1-9H,10-11H2,(H,17,19)(H,18,20). The van der Waals surface area contributed by atoms with Crippen LogP contribution in [0.25, 0.3) is 0 Å². The van der Waals surface area contributed by atoms with E-state index in [4.69, 9.17) is 0 Å². The number of benzene rings is 1. The Bertz CT molecular complexity index is 517. The number of aromatic nitrogens is 1. The molecule has 0 saturated carbocycles. The van der Waals surface area contributed by atoms with Gasteiger partial charge in [0.05, 0.1) is 12.2 Å². The van der Waals surface area contributed by atoms with E-state index in [9.17, 15) is 9.59 Å². The molecule has 0 unspecified atom stereocenters. The second kappa shape index (κ2) is 7.04. The summed E-state index contributed by atoms with van der Waals surface area (Å²) in [5.74, 6) is -1.31. The minimum absolute atomic E-state index is 0.235. The number of carbonyl (C=O) groups is 2. The van der Waals surface area contributed by atoms with Crippen molar-refractivity contribution in [1.29, 1.82) is 0 Å². The van der Waals surface area contributed by atoms with Crippen LogP contribution in [-0.4, -0.2) is 16.8 Å². The van der Waals surface area contributed by atoms with E-state index in [2.05, 4.69) is 15.6 Å². The topological polar surface area (TPSA) is 71.1 Å². The van der Waals surface area contributed by atoms with Gasteiger partial charge < -0.3 is 10.6 Å². The number of pyridine rings is 1. The van der Waals surface area contributed by atoms with Gasteiger partial charge in [-0.2, -0.15) is 0 Å². The molecule has 0 bridgehead atoms. The zero-order chi connectivity index (χ0) is 14.2. The molecule has 0 aliphatic heterocycles. The van der Waals surface area contributed by atoms with Gasteiger partial charge in [0, 0.05) is 12.7 Å². The molecule has 0 fully saturated rings. The molecule has 20 heavy (non-hydrogen) atoms. The zero-order valence-electron chi connectivity index (χ0n) is 10.9. The zero-order valence-corrected chi connectivity index (χ0v) is 10.9. The van der Waals surface area contributed by atoms with Crippen molar-refractivity contribution in [2.24, 2.45) is 0 Å². The average Bonchev–Trinajstić information content (AvgIpc) is 2.52. The van der Waals surface area contributed by atoms with Crippen LogP contribution in [0.4, 0.5) is 0 Å². The smallest absolute Gasteiger partial charge is 0.309 e. The van der Waals surface area contributed by atoms with E-state index < -0.39 is 11.8 Å². The second-order valence-corrected chi connectivity index (χ2v) is 4.17. The van der Waals surface area contributed by atoms with Crippen LogP contribution in [0, 0.1) is 0 Å². The van der Waals surface area contributed by atoms with Gasteiger partial charge in [0.1, 0.15) is 0 Å². The van der Waals surface area contributed by atoms with E-state index in [1.54, 1.807) is 18.3 Å². The highest BCUT2D eigenvalue weighted by Gasteiger charge is 2.12. The Hall–Kier alpha value is -2.69. The average molecular weight is 269 g/mol. The maximum atomic E-state index is 11.6. The Morgan fingerprint density at radius 3 is 2.15 bits per heavy atom. The molecule has 2 N–H and O–H groups in total. The fourth-order valence-corrected chi connectivity index (χ4v) is 1.61. The Kier molecular flexibility index (Phi) is 4.83. The molecule has 1 aromatic carbocycles. The molecule has 0 spiro atoms. The molecule has 0 radical (unpaired) electrons. The third-order valence-corrected chi connectivity index (χ3v) is 2.66. The van der Waals surface area contributed by atoms with Crippen molar-refractivity contribution in [3.8, 4) is 0 Å². The van der Waals surface area contributed by atoms with Crippen LogP contribution >= 0.6 is 0 Å². The van der Waals surface area contributed by atoms with Crippen molar-refractivity contribution in [3.63, 3.8) is 0 Å². The summed E-state index contributed by atoms with van der Waals surface area (Å²) in [6.07, 6.45) is 1.64. The maximum absolute atomic E-state index is 11.6. The third-order valence-electron chi connectivity index (χ3n) is 2.66. The van der Waals surface area contributed by atoms with Crippen molar-refractivity contribution in [1.82, 2.24) is 15.6 Å². The van der Waals surface area contributed by atoms with Gasteiger partial charge in [-0.1, -0.05) is 36.4 Å². The molecule has 5 nitrogen and oxygen atoms in total. The molecule has 102 valence electrons. The van der Waals surface area contributed by atoms with Gasteiger partial charge in [0.15, 0.2) is 0 Å². The molecular formula is C15H15N3O2. The molecular weight excluding hydrogens is 254 g/mol. The quantitative estimate of drug-likeness (QED) is 0.814. The number of hydrogen-bond acceptors (Lipinski definition) is 3. The maximum Gasteiger partial charge on any atom is 0.309 e. The summed E-state index contributed by atoms with van der Waals surface area (Å²) >= 11 is 0. The SMILES string of the molecule is O=C(NCc1ccccc1)C(=O)NCc1ccccn1. The van der Waals surface area contributed by atoms with Crippen molar-refractivity contribution in [2.45, 2.75) is 13.1 Å². The molecule has 2 aromatic rings. The van der Waals surface area contributed by atoms with Crippen LogP contribution in [0.2, 0.25) is 0 Å². The number of rotatable bonds is 4. The van der Waals surface area contributed by atoms with Gasteiger partial charge in [0.25, 0.3) is 0 Å². The number of nitrogens with one attached hydrogen (secondary N) is 2. The predicted molar refractivity (Wildman–Crippen MR) is 74.4 cm³/mol. The lowest BCUT2D eigenvalue weighted by Crippen LogP contribution is -2.39. The van der Waals surface area contributed by atoms with Crippen LogP contribution in [0.1, 0.15) is 11.3 Å². The highest BCUT2D eigenvalue weighted by atomic mass is 16.2. The van der Waals surface area contributed by atoms with E-state index in [0.717, 1.165) is 5.56 Å². The lowest BCUT2D eigenvalue weighted by Gasteiger charge is -2.06. The summed E-state index contributed by atoms with van der Waals surface area (Å²) in [5, 5.41) is 5.09. The molecule has 2 amide bonds. The highest BCUT2D eigenvalue weighted by Crippen LogP contribution is 1.97. The molecule has 5 heteroatoms. The normalized spacial score (nSPS) is 9.80. The van der Waals surface area contributed by atoms with Crippen molar-refractivity contribution in [3.05, 3.63) is 66.0 Å². The van der Waals surface area contributed by atoms with Gasteiger partial charge in [-0.15, -0.1) is 0 Å². The van der Waals surface area contributed by atoms with Gasteiger partial charge in [-0.3, -0.25) is 14.6 Å². The van der Waals surface area contributed by atoms with Gasteiger partial charge >= 0.3 is 11.8 Å². The van der Waals surface area contributed by atoms with Crippen molar-refractivity contribution >= 4 is 11.8 Å². The van der Waals surface area contributed by atoms with E-state index >= 15 is 0 Å². The van der Waals surface area contributed by atoms with Crippen molar-refractivity contribution < 1.29 is 9.59 Å². The van der Waals surface area contributed by atoms with Crippen LogP contribution in [0.15, 0.2) is 54.7 Å². The van der Waals surface area contributed by atoms with Crippen LogP contribution < -0.4 is 10.6 Å². The largest absolute Gasteiger partial charge is 0.344 e. The highest BCUT2D eigenvalue weighted by molar-refractivity contribution is 6.35. The number of hydrogen-bond donors (Lipinski definition) is 2. The monoisotopic (exact) mass is 269 g/mol. The van der Waals surface area contributed by atoms with Gasteiger partial charge in [0.2, 0.25) is 0 Å². The van der Waals surface area contributed by atoms with E-state index in [0.29, 0.717) is 12.2 Å². The predicted octanol–water partition coefficient (Wildman–Crippen LogP) is 1.01. The summed E-state index contributed by atoms with van der Waals surface area (Å²) in [6, 6.07) is 14.8. The van der Waals surface area contributed by atoms with E-state index in [1.807, 2.05) is 36.4 Å². The molecule has 0 atom stereocenters. The minimum atomic E-state index is -0.661. The Balaban J connectivity index is 1.76. The van der Waals surface area contributed by atoms with Gasteiger partial charge in [-0.25, -0.2) is 0 Å². The van der Waals surface area contributed by atoms with Gasteiger partial charge in [-0.05, 0) is 17.7 Å². The minimum Gasteiger partial charge on any atom is -0.344 e.